The monoisotopic (exact) mass is 245 g/mol. The standard InChI is InChI=1S/C12H23NO4/c14-7-11-6-13(3-5-17-11)8-12(9-15)2-1-4-16-10-12/h11,14-15H,1-10H2. The predicted molar refractivity (Wildman–Crippen MR) is 62.8 cm³/mol. The molecule has 2 aliphatic rings. The first-order chi connectivity index (χ1) is 8.28. The fraction of sp³-hybridized carbons (Fsp3) is 1.00. The summed E-state index contributed by atoms with van der Waals surface area (Å²) in [6.07, 6.45) is 1.96. The Balaban J connectivity index is 1.88. The van der Waals surface area contributed by atoms with Crippen LogP contribution >= 0.6 is 0 Å². The zero-order valence-corrected chi connectivity index (χ0v) is 10.3. The van der Waals surface area contributed by atoms with E-state index >= 15 is 0 Å². The van der Waals surface area contributed by atoms with E-state index in [0.717, 1.165) is 39.1 Å². The molecule has 100 valence electrons. The van der Waals surface area contributed by atoms with Gasteiger partial charge in [0.15, 0.2) is 0 Å². The zero-order valence-electron chi connectivity index (χ0n) is 10.3. The summed E-state index contributed by atoms with van der Waals surface area (Å²) in [5.41, 5.74) is -0.115. The van der Waals surface area contributed by atoms with Crippen LogP contribution < -0.4 is 0 Å². The molecule has 2 heterocycles. The highest BCUT2D eigenvalue weighted by Gasteiger charge is 2.35. The molecule has 2 unspecified atom stereocenters. The fourth-order valence-electron chi connectivity index (χ4n) is 2.72. The Kier molecular flexibility index (Phi) is 4.76. The second-order valence-electron chi connectivity index (χ2n) is 5.22. The molecule has 0 amide bonds. The summed E-state index contributed by atoms with van der Waals surface area (Å²) in [5, 5.41) is 18.7. The molecule has 5 heteroatoms. The predicted octanol–water partition coefficient (Wildman–Crippen LogP) is -0.531. The number of aliphatic hydroxyl groups is 2. The van der Waals surface area contributed by atoms with Gasteiger partial charge in [-0.3, -0.25) is 4.90 Å². The molecular weight excluding hydrogens is 222 g/mol. The summed E-state index contributed by atoms with van der Waals surface area (Å²) in [5.74, 6) is 0. The Hall–Kier alpha value is -0.200. The van der Waals surface area contributed by atoms with Gasteiger partial charge in [-0.2, -0.15) is 0 Å². The van der Waals surface area contributed by atoms with Gasteiger partial charge < -0.3 is 19.7 Å². The maximum absolute atomic E-state index is 9.61. The smallest absolute Gasteiger partial charge is 0.0932 e. The topological polar surface area (TPSA) is 62.2 Å². The second kappa shape index (κ2) is 6.11. The molecule has 2 aliphatic heterocycles. The van der Waals surface area contributed by atoms with Gasteiger partial charge in [-0.15, -0.1) is 0 Å². The maximum atomic E-state index is 9.61. The maximum Gasteiger partial charge on any atom is 0.0932 e. The van der Waals surface area contributed by atoms with E-state index < -0.39 is 0 Å². The lowest BCUT2D eigenvalue weighted by atomic mass is 9.82. The first-order valence-electron chi connectivity index (χ1n) is 6.41. The van der Waals surface area contributed by atoms with E-state index in [1.54, 1.807) is 0 Å². The summed E-state index contributed by atoms with van der Waals surface area (Å²) in [6, 6.07) is 0. The van der Waals surface area contributed by atoms with Crippen LogP contribution in [0.4, 0.5) is 0 Å². The Labute approximate surface area is 102 Å². The SMILES string of the molecule is OCC1CN(CC2(CO)CCCOC2)CCO1. The largest absolute Gasteiger partial charge is 0.396 e. The molecule has 2 fully saturated rings. The molecule has 0 aromatic rings. The molecule has 0 spiro atoms. The van der Waals surface area contributed by atoms with Crippen molar-refractivity contribution in [1.29, 1.82) is 0 Å². The molecule has 0 radical (unpaired) electrons. The van der Waals surface area contributed by atoms with Gasteiger partial charge in [-0.25, -0.2) is 0 Å². The lowest BCUT2D eigenvalue weighted by Crippen LogP contribution is -2.51. The molecule has 2 saturated heterocycles. The molecule has 0 saturated carbocycles. The van der Waals surface area contributed by atoms with E-state index in [1.165, 1.54) is 0 Å². The number of nitrogens with zero attached hydrogens (tertiary/aromatic N) is 1. The average molecular weight is 245 g/mol. The molecule has 2 atom stereocenters. The van der Waals surface area contributed by atoms with Crippen LogP contribution in [0.3, 0.4) is 0 Å². The molecule has 0 aliphatic carbocycles. The van der Waals surface area contributed by atoms with Gasteiger partial charge in [0.05, 0.1) is 32.5 Å². The van der Waals surface area contributed by atoms with Gasteiger partial charge in [0.1, 0.15) is 0 Å². The molecule has 2 N–H and O–H groups in total. The Morgan fingerprint density at radius 3 is 2.82 bits per heavy atom. The zero-order chi connectivity index (χ0) is 12.1. The van der Waals surface area contributed by atoms with Crippen LogP contribution in [0, 0.1) is 5.41 Å². The lowest BCUT2D eigenvalue weighted by Gasteiger charge is -2.42. The summed E-state index contributed by atoms with van der Waals surface area (Å²) < 4.78 is 10.9. The second-order valence-corrected chi connectivity index (χ2v) is 5.22. The van der Waals surface area contributed by atoms with Gasteiger partial charge in [0.25, 0.3) is 0 Å². The van der Waals surface area contributed by atoms with Crippen molar-refractivity contribution in [3.63, 3.8) is 0 Å². The molecule has 0 aromatic heterocycles. The molecule has 5 nitrogen and oxygen atoms in total. The number of ether oxygens (including phenoxy) is 2. The average Bonchev–Trinajstić information content (AvgIpc) is 2.40. The number of hydrogen-bond donors (Lipinski definition) is 2. The van der Waals surface area contributed by atoms with Crippen LogP contribution in [0.15, 0.2) is 0 Å². The summed E-state index contributed by atoms with van der Waals surface area (Å²) >= 11 is 0. The Bertz CT molecular complexity index is 231. The minimum atomic E-state index is -0.115. The van der Waals surface area contributed by atoms with Crippen molar-refractivity contribution in [3.05, 3.63) is 0 Å². The first kappa shape index (κ1) is 13.2. The van der Waals surface area contributed by atoms with Crippen molar-refractivity contribution in [3.8, 4) is 0 Å². The number of hydrogen-bond acceptors (Lipinski definition) is 5. The Morgan fingerprint density at radius 2 is 2.18 bits per heavy atom. The number of morpholine rings is 1. The molecule has 2 rings (SSSR count). The van der Waals surface area contributed by atoms with E-state index in [4.69, 9.17) is 14.6 Å². The third-order valence-electron chi connectivity index (χ3n) is 3.72. The minimum absolute atomic E-state index is 0.0686. The van der Waals surface area contributed by atoms with Crippen molar-refractivity contribution in [2.24, 2.45) is 5.41 Å². The van der Waals surface area contributed by atoms with Crippen molar-refractivity contribution in [2.45, 2.75) is 18.9 Å². The third kappa shape index (κ3) is 3.39. The summed E-state index contributed by atoms with van der Waals surface area (Å²) in [7, 11) is 0. The van der Waals surface area contributed by atoms with E-state index in [1.807, 2.05) is 0 Å². The van der Waals surface area contributed by atoms with E-state index in [2.05, 4.69) is 4.90 Å². The van der Waals surface area contributed by atoms with Gasteiger partial charge in [0, 0.05) is 31.7 Å². The first-order valence-corrected chi connectivity index (χ1v) is 6.41. The van der Waals surface area contributed by atoms with Crippen LogP contribution in [0.5, 0.6) is 0 Å². The van der Waals surface area contributed by atoms with Crippen LogP contribution in [0.25, 0.3) is 0 Å². The van der Waals surface area contributed by atoms with E-state index in [0.29, 0.717) is 13.2 Å². The number of aliphatic hydroxyl groups excluding tert-OH is 2. The van der Waals surface area contributed by atoms with E-state index in [-0.39, 0.29) is 24.7 Å². The third-order valence-corrected chi connectivity index (χ3v) is 3.72. The summed E-state index contributed by atoms with van der Waals surface area (Å²) in [6.45, 7) is 4.81. The van der Waals surface area contributed by atoms with Crippen LogP contribution in [-0.2, 0) is 9.47 Å². The van der Waals surface area contributed by atoms with Gasteiger partial charge >= 0.3 is 0 Å². The number of rotatable bonds is 4. The molecular formula is C12H23NO4. The van der Waals surface area contributed by atoms with Crippen molar-refractivity contribution >= 4 is 0 Å². The minimum Gasteiger partial charge on any atom is -0.396 e. The van der Waals surface area contributed by atoms with Gasteiger partial charge in [0.2, 0.25) is 0 Å². The van der Waals surface area contributed by atoms with Crippen LogP contribution in [-0.4, -0.2) is 73.9 Å². The van der Waals surface area contributed by atoms with Gasteiger partial charge in [-0.1, -0.05) is 0 Å². The van der Waals surface area contributed by atoms with E-state index in [9.17, 15) is 5.11 Å². The van der Waals surface area contributed by atoms with Crippen molar-refractivity contribution < 1.29 is 19.7 Å². The molecule has 0 bridgehead atoms. The van der Waals surface area contributed by atoms with Crippen molar-refractivity contribution in [2.75, 3.05) is 52.7 Å². The summed E-state index contributed by atoms with van der Waals surface area (Å²) in [4.78, 5) is 2.27. The fourth-order valence-corrected chi connectivity index (χ4v) is 2.72. The van der Waals surface area contributed by atoms with Crippen LogP contribution in [0.2, 0.25) is 0 Å². The normalized spacial score (nSPS) is 36.0. The van der Waals surface area contributed by atoms with Crippen molar-refractivity contribution in [1.82, 2.24) is 4.90 Å². The lowest BCUT2D eigenvalue weighted by molar-refractivity contribution is -0.0931. The highest BCUT2D eigenvalue weighted by atomic mass is 16.5. The highest BCUT2D eigenvalue weighted by Crippen LogP contribution is 2.29. The quantitative estimate of drug-likeness (QED) is 0.697. The molecule has 0 aromatic carbocycles. The van der Waals surface area contributed by atoms with Crippen LogP contribution in [0.1, 0.15) is 12.8 Å². The highest BCUT2D eigenvalue weighted by molar-refractivity contribution is 4.86. The Morgan fingerprint density at radius 1 is 1.29 bits per heavy atom. The van der Waals surface area contributed by atoms with Gasteiger partial charge in [-0.05, 0) is 12.8 Å². The molecule has 17 heavy (non-hydrogen) atoms.